The topological polar surface area (TPSA) is 75.3 Å². The van der Waals surface area contributed by atoms with Crippen LogP contribution in [-0.4, -0.2) is 37.6 Å². The molecule has 0 amide bonds. The second-order valence-electron chi connectivity index (χ2n) is 6.75. The Morgan fingerprint density at radius 1 is 1.17 bits per heavy atom. The summed E-state index contributed by atoms with van der Waals surface area (Å²) >= 11 is 0. The molecule has 1 aromatic carbocycles. The first-order valence-corrected chi connectivity index (χ1v) is 7.75. The Bertz CT molecular complexity index is 856. The summed E-state index contributed by atoms with van der Waals surface area (Å²) < 4.78 is 15.5. The van der Waals surface area contributed by atoms with E-state index >= 15 is 0 Å². The molecule has 0 saturated heterocycles. The van der Waals surface area contributed by atoms with Gasteiger partial charge in [0.15, 0.2) is 11.5 Å². The van der Waals surface area contributed by atoms with Gasteiger partial charge in [-0.25, -0.2) is 4.39 Å². The highest BCUT2D eigenvalue weighted by molar-refractivity contribution is 5.60. The number of nitrogens with one attached hydrogen (secondary N) is 1. The standard InChI is InChI=1S/C17H20FN5O/c1-17(2,3)13(24)10-19-14-8-9-15-20-21-16(23(15)22-14)11-6-4-5-7-12(11)18/h4-9,13,24H,10H2,1-3H3,(H,19,22)/t13-/m1/s1. The molecule has 0 aliphatic rings. The van der Waals surface area contributed by atoms with E-state index < -0.39 is 6.10 Å². The van der Waals surface area contributed by atoms with Crippen LogP contribution in [0.5, 0.6) is 0 Å². The number of fused-ring (bicyclic) bond motifs is 1. The quantitative estimate of drug-likeness (QED) is 0.770. The highest BCUT2D eigenvalue weighted by atomic mass is 19.1. The summed E-state index contributed by atoms with van der Waals surface area (Å²) in [6.07, 6.45) is -0.526. The maximum atomic E-state index is 14.0. The Morgan fingerprint density at radius 2 is 1.92 bits per heavy atom. The number of anilines is 1. The van der Waals surface area contributed by atoms with Gasteiger partial charge in [-0.2, -0.15) is 4.52 Å². The number of benzene rings is 1. The van der Waals surface area contributed by atoms with E-state index in [2.05, 4.69) is 20.6 Å². The molecule has 2 heterocycles. The lowest BCUT2D eigenvalue weighted by Crippen LogP contribution is -2.33. The van der Waals surface area contributed by atoms with Gasteiger partial charge < -0.3 is 10.4 Å². The SMILES string of the molecule is CC(C)(C)[C@H](O)CNc1ccc2nnc(-c3ccccc3F)n2n1. The van der Waals surface area contributed by atoms with E-state index in [0.29, 0.717) is 29.4 Å². The zero-order valence-electron chi connectivity index (χ0n) is 13.9. The van der Waals surface area contributed by atoms with Crippen molar-refractivity contribution < 1.29 is 9.50 Å². The molecule has 0 bridgehead atoms. The van der Waals surface area contributed by atoms with Crippen molar-refractivity contribution in [3.63, 3.8) is 0 Å². The molecule has 126 valence electrons. The van der Waals surface area contributed by atoms with Gasteiger partial charge in [-0.05, 0) is 29.7 Å². The Kier molecular flexibility index (Phi) is 4.19. The van der Waals surface area contributed by atoms with E-state index in [0.717, 1.165) is 0 Å². The van der Waals surface area contributed by atoms with E-state index in [-0.39, 0.29) is 11.2 Å². The Balaban J connectivity index is 1.91. The van der Waals surface area contributed by atoms with Crippen molar-refractivity contribution in [3.8, 4) is 11.4 Å². The fourth-order valence-electron chi connectivity index (χ4n) is 2.20. The smallest absolute Gasteiger partial charge is 0.188 e. The highest BCUT2D eigenvalue weighted by Gasteiger charge is 2.22. The summed E-state index contributed by atoms with van der Waals surface area (Å²) in [6.45, 7) is 6.25. The van der Waals surface area contributed by atoms with Crippen LogP contribution in [0.1, 0.15) is 20.8 Å². The molecule has 0 spiro atoms. The molecule has 6 nitrogen and oxygen atoms in total. The fraction of sp³-hybridized carbons (Fsp3) is 0.353. The van der Waals surface area contributed by atoms with Gasteiger partial charge in [-0.3, -0.25) is 0 Å². The first kappa shape index (κ1) is 16.3. The molecule has 2 aromatic heterocycles. The van der Waals surface area contributed by atoms with Crippen molar-refractivity contribution in [1.29, 1.82) is 0 Å². The second kappa shape index (κ2) is 6.16. The average Bonchev–Trinajstić information content (AvgIpc) is 2.95. The van der Waals surface area contributed by atoms with Gasteiger partial charge in [0.2, 0.25) is 0 Å². The summed E-state index contributed by atoms with van der Waals surface area (Å²) in [5.74, 6) is 0.515. The van der Waals surface area contributed by atoms with E-state index in [9.17, 15) is 9.50 Å². The summed E-state index contributed by atoms with van der Waals surface area (Å²) in [7, 11) is 0. The van der Waals surface area contributed by atoms with Crippen molar-refractivity contribution in [2.45, 2.75) is 26.9 Å². The Labute approximate surface area is 139 Å². The Morgan fingerprint density at radius 3 is 2.62 bits per heavy atom. The molecular formula is C17H20FN5O. The monoisotopic (exact) mass is 329 g/mol. The largest absolute Gasteiger partial charge is 0.391 e. The van der Waals surface area contributed by atoms with Crippen LogP contribution < -0.4 is 5.32 Å². The molecule has 0 fully saturated rings. The van der Waals surface area contributed by atoms with Crippen molar-refractivity contribution in [2.24, 2.45) is 5.41 Å². The van der Waals surface area contributed by atoms with E-state index in [1.54, 1.807) is 30.3 Å². The minimum atomic E-state index is -0.526. The maximum absolute atomic E-state index is 14.0. The molecule has 24 heavy (non-hydrogen) atoms. The predicted molar refractivity (Wildman–Crippen MR) is 90.1 cm³/mol. The van der Waals surface area contributed by atoms with Crippen molar-refractivity contribution in [2.75, 3.05) is 11.9 Å². The van der Waals surface area contributed by atoms with Gasteiger partial charge in [-0.15, -0.1) is 15.3 Å². The van der Waals surface area contributed by atoms with Gasteiger partial charge in [-0.1, -0.05) is 32.9 Å². The van der Waals surface area contributed by atoms with Crippen molar-refractivity contribution in [3.05, 3.63) is 42.2 Å². The highest BCUT2D eigenvalue weighted by Crippen LogP contribution is 2.22. The first-order chi connectivity index (χ1) is 11.4. The molecule has 0 saturated carbocycles. The minimum absolute atomic E-state index is 0.230. The summed E-state index contributed by atoms with van der Waals surface area (Å²) in [6, 6.07) is 9.87. The van der Waals surface area contributed by atoms with Crippen LogP contribution in [0.4, 0.5) is 10.2 Å². The molecule has 1 atom stereocenters. The van der Waals surface area contributed by atoms with Crippen LogP contribution >= 0.6 is 0 Å². The predicted octanol–water partition coefficient (Wildman–Crippen LogP) is 2.75. The van der Waals surface area contributed by atoms with Crippen molar-refractivity contribution >= 4 is 11.5 Å². The zero-order chi connectivity index (χ0) is 17.3. The molecule has 7 heteroatoms. The van der Waals surface area contributed by atoms with Gasteiger partial charge >= 0.3 is 0 Å². The van der Waals surface area contributed by atoms with Crippen LogP contribution in [0.15, 0.2) is 36.4 Å². The number of aliphatic hydroxyl groups is 1. The number of nitrogens with zero attached hydrogens (tertiary/aromatic N) is 4. The molecule has 2 N–H and O–H groups in total. The van der Waals surface area contributed by atoms with Gasteiger partial charge in [0.25, 0.3) is 0 Å². The third-order valence-corrected chi connectivity index (χ3v) is 3.85. The summed E-state index contributed by atoms with van der Waals surface area (Å²) in [4.78, 5) is 0. The summed E-state index contributed by atoms with van der Waals surface area (Å²) in [5, 5.41) is 25.7. The molecule has 0 unspecified atom stereocenters. The lowest BCUT2D eigenvalue weighted by molar-refractivity contribution is 0.0745. The van der Waals surface area contributed by atoms with Gasteiger partial charge in [0.1, 0.15) is 11.6 Å². The van der Waals surface area contributed by atoms with Crippen LogP contribution in [0.25, 0.3) is 17.0 Å². The van der Waals surface area contributed by atoms with Gasteiger partial charge in [0.05, 0.1) is 11.7 Å². The Hall–Kier alpha value is -2.54. The van der Waals surface area contributed by atoms with Crippen LogP contribution in [0.2, 0.25) is 0 Å². The lowest BCUT2D eigenvalue weighted by atomic mass is 9.89. The average molecular weight is 329 g/mol. The third-order valence-electron chi connectivity index (χ3n) is 3.85. The first-order valence-electron chi connectivity index (χ1n) is 7.75. The maximum Gasteiger partial charge on any atom is 0.188 e. The molecule has 3 rings (SSSR count). The zero-order valence-corrected chi connectivity index (χ0v) is 13.9. The second-order valence-corrected chi connectivity index (χ2v) is 6.75. The number of halogens is 1. The minimum Gasteiger partial charge on any atom is -0.391 e. The molecule has 3 aromatic rings. The van der Waals surface area contributed by atoms with Crippen LogP contribution in [-0.2, 0) is 0 Å². The number of hydrogen-bond donors (Lipinski definition) is 2. The lowest BCUT2D eigenvalue weighted by Gasteiger charge is -2.26. The van der Waals surface area contributed by atoms with E-state index in [1.165, 1.54) is 10.6 Å². The van der Waals surface area contributed by atoms with Crippen molar-refractivity contribution in [1.82, 2.24) is 19.8 Å². The number of rotatable bonds is 4. The number of hydrogen-bond acceptors (Lipinski definition) is 5. The third kappa shape index (κ3) is 3.21. The number of aliphatic hydroxyl groups excluding tert-OH is 1. The molecular weight excluding hydrogens is 309 g/mol. The fourth-order valence-corrected chi connectivity index (χ4v) is 2.20. The van der Waals surface area contributed by atoms with Crippen LogP contribution in [0, 0.1) is 11.2 Å². The summed E-state index contributed by atoms with van der Waals surface area (Å²) in [5.41, 5.74) is 0.631. The molecule has 0 radical (unpaired) electrons. The van der Waals surface area contributed by atoms with E-state index in [4.69, 9.17) is 0 Å². The molecule has 0 aliphatic heterocycles. The van der Waals surface area contributed by atoms with Gasteiger partial charge in [0, 0.05) is 6.54 Å². The number of aromatic nitrogens is 4. The van der Waals surface area contributed by atoms with E-state index in [1.807, 2.05) is 20.8 Å². The normalized spacial score (nSPS) is 13.2. The molecule has 0 aliphatic carbocycles. The van der Waals surface area contributed by atoms with Crippen LogP contribution in [0.3, 0.4) is 0 Å².